The van der Waals surface area contributed by atoms with Crippen LogP contribution >= 0.6 is 0 Å². The highest BCUT2D eigenvalue weighted by Gasteiger charge is 2.11. The fourth-order valence-electron chi connectivity index (χ4n) is 4.05. The highest BCUT2D eigenvalue weighted by Crippen LogP contribution is 2.19. The summed E-state index contributed by atoms with van der Waals surface area (Å²) in [5.41, 5.74) is 22.9. The second kappa shape index (κ2) is 22.4. The van der Waals surface area contributed by atoms with E-state index in [1.54, 1.807) is 0 Å². The summed E-state index contributed by atoms with van der Waals surface area (Å²) in [6, 6.07) is 0. The van der Waals surface area contributed by atoms with Crippen molar-refractivity contribution in [3.05, 3.63) is 0 Å². The normalized spacial score (nSPS) is 12.0. The van der Waals surface area contributed by atoms with Gasteiger partial charge in [0.15, 0.2) is 0 Å². The maximum atomic E-state index is 5.73. The fourth-order valence-corrected chi connectivity index (χ4v) is 4.05. The maximum Gasteiger partial charge on any atom is -0.000653 e. The van der Waals surface area contributed by atoms with Gasteiger partial charge in [0, 0.05) is 0 Å². The largest absolute Gasteiger partial charge is 0.330 e. The van der Waals surface area contributed by atoms with Gasteiger partial charge in [-0.2, -0.15) is 0 Å². The number of rotatable bonds is 23. The summed E-state index contributed by atoms with van der Waals surface area (Å²) >= 11 is 0. The molecule has 8 N–H and O–H groups in total. The Morgan fingerprint density at radius 3 is 1.31 bits per heavy atom. The number of unbranched alkanes of at least 4 members (excludes halogenated alkanes) is 1. The van der Waals surface area contributed by atoms with E-state index in [9.17, 15) is 0 Å². The van der Waals surface area contributed by atoms with Gasteiger partial charge in [-0.3, -0.25) is 0 Å². The first-order valence-corrected chi connectivity index (χ1v) is 12.5. The highest BCUT2D eigenvalue weighted by atomic mass is 15.1. The molecule has 0 aromatic carbocycles. The van der Waals surface area contributed by atoms with Gasteiger partial charge >= 0.3 is 0 Å². The molecule has 0 aliphatic carbocycles. The summed E-state index contributed by atoms with van der Waals surface area (Å²) in [5, 5.41) is 0. The molecular formula is C23H54N6. The molecule has 176 valence electrons. The van der Waals surface area contributed by atoms with Crippen LogP contribution in [0.1, 0.15) is 77.6 Å². The van der Waals surface area contributed by atoms with Crippen molar-refractivity contribution < 1.29 is 0 Å². The summed E-state index contributed by atoms with van der Waals surface area (Å²) in [6.45, 7) is 12.5. The zero-order valence-electron chi connectivity index (χ0n) is 19.6. The van der Waals surface area contributed by atoms with E-state index in [4.69, 9.17) is 22.9 Å². The van der Waals surface area contributed by atoms with Gasteiger partial charge in [-0.1, -0.05) is 13.3 Å². The first-order chi connectivity index (χ1) is 14.2. The summed E-state index contributed by atoms with van der Waals surface area (Å²) in [4.78, 5) is 5.24. The molecule has 0 aromatic heterocycles. The Morgan fingerprint density at radius 2 is 0.862 bits per heavy atom. The van der Waals surface area contributed by atoms with Gasteiger partial charge in [-0.05, 0) is 136 Å². The highest BCUT2D eigenvalue weighted by molar-refractivity contribution is 4.66. The Kier molecular flexibility index (Phi) is 22.3. The van der Waals surface area contributed by atoms with E-state index in [1.807, 2.05) is 0 Å². The van der Waals surface area contributed by atoms with E-state index in [1.165, 1.54) is 64.6 Å². The van der Waals surface area contributed by atoms with Gasteiger partial charge in [-0.25, -0.2) is 0 Å². The molecule has 0 bridgehead atoms. The van der Waals surface area contributed by atoms with Gasteiger partial charge in [-0.15, -0.1) is 0 Å². The lowest BCUT2D eigenvalue weighted by atomic mass is 9.92. The predicted molar refractivity (Wildman–Crippen MR) is 129 cm³/mol. The van der Waals surface area contributed by atoms with Crippen molar-refractivity contribution >= 4 is 0 Å². The van der Waals surface area contributed by atoms with Gasteiger partial charge in [0.1, 0.15) is 0 Å². The van der Waals surface area contributed by atoms with Crippen LogP contribution in [0, 0.1) is 5.92 Å². The van der Waals surface area contributed by atoms with Crippen LogP contribution in [0.4, 0.5) is 0 Å². The van der Waals surface area contributed by atoms with Crippen molar-refractivity contribution in [2.24, 2.45) is 28.9 Å². The van der Waals surface area contributed by atoms with Gasteiger partial charge in [0.05, 0.1) is 0 Å². The van der Waals surface area contributed by atoms with Crippen molar-refractivity contribution in [1.29, 1.82) is 0 Å². The lowest BCUT2D eigenvalue weighted by molar-refractivity contribution is 0.216. The molecule has 0 fully saturated rings. The van der Waals surface area contributed by atoms with Crippen LogP contribution in [0.3, 0.4) is 0 Å². The molecule has 0 aromatic rings. The van der Waals surface area contributed by atoms with Crippen LogP contribution in [0.5, 0.6) is 0 Å². The molecule has 0 spiro atoms. The third-order valence-electron chi connectivity index (χ3n) is 5.85. The number of hydrogen-bond acceptors (Lipinski definition) is 6. The third-order valence-corrected chi connectivity index (χ3v) is 5.85. The zero-order valence-corrected chi connectivity index (χ0v) is 19.6. The molecule has 0 radical (unpaired) electrons. The molecule has 0 saturated carbocycles. The van der Waals surface area contributed by atoms with Gasteiger partial charge in [0.2, 0.25) is 0 Å². The molecule has 0 atom stereocenters. The van der Waals surface area contributed by atoms with Crippen molar-refractivity contribution in [2.45, 2.75) is 77.6 Å². The molecule has 0 amide bonds. The molecule has 0 rings (SSSR count). The van der Waals surface area contributed by atoms with Crippen molar-refractivity contribution in [2.75, 3.05) is 65.4 Å². The van der Waals surface area contributed by atoms with Gasteiger partial charge in [0.25, 0.3) is 0 Å². The van der Waals surface area contributed by atoms with Crippen LogP contribution in [-0.4, -0.2) is 75.2 Å². The molecule has 6 nitrogen and oxygen atoms in total. The Balaban J connectivity index is 4.32. The fraction of sp³-hybridized carbons (Fsp3) is 1.00. The Morgan fingerprint density at radius 1 is 0.483 bits per heavy atom. The monoisotopic (exact) mass is 414 g/mol. The summed E-state index contributed by atoms with van der Waals surface area (Å²) in [5.74, 6) is 0.804. The van der Waals surface area contributed by atoms with Crippen molar-refractivity contribution in [1.82, 2.24) is 9.80 Å². The maximum absolute atomic E-state index is 5.73. The smallest absolute Gasteiger partial charge is 0.000653 e. The first-order valence-electron chi connectivity index (χ1n) is 12.5. The van der Waals surface area contributed by atoms with Gasteiger partial charge < -0.3 is 32.7 Å². The summed E-state index contributed by atoms with van der Waals surface area (Å²) in [6.07, 6.45) is 13.4. The average Bonchev–Trinajstić information content (AvgIpc) is 2.74. The molecule has 6 heteroatoms. The molecule has 0 unspecified atom stereocenters. The lowest BCUT2D eigenvalue weighted by Crippen LogP contribution is -2.33. The lowest BCUT2D eigenvalue weighted by Gasteiger charge is -2.26. The van der Waals surface area contributed by atoms with Crippen LogP contribution in [0.15, 0.2) is 0 Å². The van der Waals surface area contributed by atoms with E-state index in [2.05, 4.69) is 16.7 Å². The zero-order chi connectivity index (χ0) is 21.6. The minimum Gasteiger partial charge on any atom is -0.330 e. The van der Waals surface area contributed by atoms with E-state index in [0.717, 1.165) is 77.4 Å². The Bertz CT molecular complexity index is 274. The number of hydrogen-bond donors (Lipinski definition) is 4. The van der Waals surface area contributed by atoms with Crippen LogP contribution in [0.2, 0.25) is 0 Å². The van der Waals surface area contributed by atoms with E-state index >= 15 is 0 Å². The van der Waals surface area contributed by atoms with Crippen molar-refractivity contribution in [3.63, 3.8) is 0 Å². The molecule has 0 heterocycles. The topological polar surface area (TPSA) is 111 Å². The first kappa shape index (κ1) is 28.8. The predicted octanol–water partition coefficient (Wildman–Crippen LogP) is 2.35. The minimum atomic E-state index is 0.775. The molecule has 29 heavy (non-hydrogen) atoms. The third kappa shape index (κ3) is 18.3. The van der Waals surface area contributed by atoms with E-state index in [0.29, 0.717) is 0 Å². The SMILES string of the molecule is CCCCN(CCCC(CCCN)CCCN)CCCN(CCCN)CCCN. The van der Waals surface area contributed by atoms with Crippen LogP contribution < -0.4 is 22.9 Å². The average molecular weight is 415 g/mol. The number of nitrogens with zero attached hydrogens (tertiary/aromatic N) is 2. The molecule has 0 aliphatic heterocycles. The molecular weight excluding hydrogens is 360 g/mol. The minimum absolute atomic E-state index is 0.775. The molecule has 0 aliphatic rings. The van der Waals surface area contributed by atoms with Crippen LogP contribution in [-0.2, 0) is 0 Å². The number of nitrogens with two attached hydrogens (primary N) is 4. The molecule has 0 saturated heterocycles. The second-order valence-electron chi connectivity index (χ2n) is 8.54. The summed E-state index contributed by atoms with van der Waals surface area (Å²) in [7, 11) is 0. The van der Waals surface area contributed by atoms with E-state index in [-0.39, 0.29) is 0 Å². The Hall–Kier alpha value is -0.240. The van der Waals surface area contributed by atoms with Crippen LogP contribution in [0.25, 0.3) is 0 Å². The van der Waals surface area contributed by atoms with E-state index < -0.39 is 0 Å². The van der Waals surface area contributed by atoms with Crippen molar-refractivity contribution in [3.8, 4) is 0 Å². The Labute approximate surface area is 182 Å². The quantitative estimate of drug-likeness (QED) is 0.204. The standard InChI is InChI=1S/C23H54N6/c1-2-3-17-28(18-6-12-23(10-4-13-24)11-5-14-25)21-9-22-29(19-7-15-26)20-8-16-27/h23H,2-22,24-27H2,1H3. The second-order valence-corrected chi connectivity index (χ2v) is 8.54. The summed E-state index contributed by atoms with van der Waals surface area (Å²) < 4.78 is 0.